The Balaban J connectivity index is 0.000000226. The summed E-state index contributed by atoms with van der Waals surface area (Å²) < 4.78 is 73.5. The number of anilines is 4. The third-order valence-corrected chi connectivity index (χ3v) is 16.0. The number of hydrogen-bond acceptors (Lipinski definition) is 13. The number of rotatable bonds is 22. The van der Waals surface area contributed by atoms with Crippen molar-refractivity contribution >= 4 is 66.5 Å². The molecular weight excluding hydrogens is 1040 g/mol. The molecule has 2 fully saturated rings. The lowest BCUT2D eigenvalue weighted by Crippen LogP contribution is -2.45. The highest BCUT2D eigenvalue weighted by atomic mass is 32.2. The summed E-state index contributed by atoms with van der Waals surface area (Å²) in [6, 6.07) is 42.9. The second-order valence-electron chi connectivity index (χ2n) is 18.9. The molecule has 18 nitrogen and oxygen atoms in total. The van der Waals surface area contributed by atoms with Gasteiger partial charge in [-0.25, -0.2) is 16.8 Å². The average Bonchev–Trinajstić information content (AvgIpc) is 3.47. The molecule has 78 heavy (non-hydrogen) atoms. The Morgan fingerprint density at radius 2 is 0.962 bits per heavy atom. The van der Waals surface area contributed by atoms with Crippen LogP contribution in [0.4, 0.5) is 22.7 Å². The molecule has 3 atom stereocenters. The highest BCUT2D eigenvalue weighted by Gasteiger charge is 2.32. The molecule has 2 saturated heterocycles. The normalized spacial score (nSPS) is 14.9. The predicted octanol–water partition coefficient (Wildman–Crippen LogP) is 7.09. The zero-order valence-corrected chi connectivity index (χ0v) is 45.2. The number of nitrogens with one attached hydrogen (secondary N) is 4. The molecule has 0 radical (unpaired) electrons. The summed E-state index contributed by atoms with van der Waals surface area (Å²) >= 11 is 0. The molecule has 0 saturated carbocycles. The van der Waals surface area contributed by atoms with Crippen molar-refractivity contribution in [3.63, 3.8) is 0 Å². The van der Waals surface area contributed by atoms with Crippen molar-refractivity contribution in [1.82, 2.24) is 9.44 Å². The molecule has 6 aromatic carbocycles. The number of morpholine rings is 2. The lowest BCUT2D eigenvalue weighted by molar-refractivity contribution is -0.145. The Labute approximate surface area is 456 Å². The molecule has 0 spiro atoms. The number of carboxylic acids is 1. The SMILES string of the molecule is Cc1ccc(S(=O)(=O)NC(C[C@H](Cc2ccccc2)C(=O)O)C(=O)Nc2ccc(N3CCOCC3)cc2)cc1.Cc1ccc(S(=O)(=O)N[C@@H](CCC(=O)OCc2ccccc2)C(=O)Nc2ccc(N3CCOCC3)cc2)cc1. The fourth-order valence-electron chi connectivity index (χ4n) is 8.54. The number of aliphatic carboxylic acids is 1. The van der Waals surface area contributed by atoms with E-state index in [1.165, 1.54) is 24.3 Å². The fraction of sp³-hybridized carbons (Fsp3) is 0.310. The van der Waals surface area contributed by atoms with Gasteiger partial charge in [0.15, 0.2) is 0 Å². The van der Waals surface area contributed by atoms with Gasteiger partial charge in [-0.05, 0) is 117 Å². The summed E-state index contributed by atoms with van der Waals surface area (Å²) in [5, 5.41) is 15.5. The van der Waals surface area contributed by atoms with Gasteiger partial charge in [0.2, 0.25) is 31.9 Å². The summed E-state index contributed by atoms with van der Waals surface area (Å²) in [6.07, 6.45) is -0.290. The third-order valence-electron chi connectivity index (χ3n) is 13.0. The second kappa shape index (κ2) is 28.2. The number of aryl methyl sites for hydroxylation is 2. The minimum absolute atomic E-state index is 0.00398. The Kier molecular flexibility index (Phi) is 21.1. The topological polar surface area (TPSA) is 239 Å². The van der Waals surface area contributed by atoms with Crippen molar-refractivity contribution in [3.05, 3.63) is 180 Å². The Morgan fingerprint density at radius 1 is 0.551 bits per heavy atom. The van der Waals surface area contributed by atoms with Crippen LogP contribution in [0.2, 0.25) is 0 Å². The minimum Gasteiger partial charge on any atom is -0.481 e. The van der Waals surface area contributed by atoms with Crippen LogP contribution < -0.4 is 29.9 Å². The van der Waals surface area contributed by atoms with Crippen LogP contribution in [0.1, 0.15) is 41.5 Å². The molecule has 0 aromatic heterocycles. The summed E-state index contributed by atoms with van der Waals surface area (Å²) in [7, 11) is -8.12. The maximum Gasteiger partial charge on any atom is 0.306 e. The van der Waals surface area contributed by atoms with E-state index in [-0.39, 0.29) is 42.1 Å². The largest absolute Gasteiger partial charge is 0.481 e. The van der Waals surface area contributed by atoms with Crippen LogP contribution in [0.3, 0.4) is 0 Å². The molecule has 2 heterocycles. The van der Waals surface area contributed by atoms with Crippen LogP contribution in [-0.2, 0) is 66.5 Å². The van der Waals surface area contributed by atoms with Gasteiger partial charge in [-0.1, -0.05) is 96.1 Å². The van der Waals surface area contributed by atoms with E-state index in [1.54, 1.807) is 72.8 Å². The van der Waals surface area contributed by atoms with Crippen molar-refractivity contribution in [2.45, 2.75) is 68.0 Å². The van der Waals surface area contributed by atoms with E-state index in [2.05, 4.69) is 29.9 Å². The number of nitrogens with zero attached hydrogens (tertiary/aromatic N) is 2. The van der Waals surface area contributed by atoms with Crippen LogP contribution in [0.15, 0.2) is 168 Å². The monoisotopic (exact) mass is 1100 g/mol. The zero-order valence-electron chi connectivity index (χ0n) is 43.6. The van der Waals surface area contributed by atoms with Gasteiger partial charge >= 0.3 is 11.9 Å². The van der Waals surface area contributed by atoms with Crippen molar-refractivity contribution in [2.24, 2.45) is 5.92 Å². The predicted molar refractivity (Wildman–Crippen MR) is 298 cm³/mol. The second-order valence-corrected chi connectivity index (χ2v) is 22.3. The van der Waals surface area contributed by atoms with Crippen LogP contribution >= 0.6 is 0 Å². The fourth-order valence-corrected chi connectivity index (χ4v) is 11.0. The Morgan fingerprint density at radius 3 is 1.40 bits per heavy atom. The molecule has 1 unspecified atom stereocenters. The summed E-state index contributed by atoms with van der Waals surface area (Å²) in [5.74, 6) is -3.83. The first-order valence-corrected chi connectivity index (χ1v) is 28.6. The van der Waals surface area contributed by atoms with Gasteiger partial charge in [0.1, 0.15) is 18.7 Å². The van der Waals surface area contributed by atoms with Crippen molar-refractivity contribution in [2.75, 3.05) is 73.0 Å². The molecule has 20 heteroatoms. The standard InChI is InChI=1S/2C29H33N3O6S/c1-21-7-13-26(14-8-21)39(36,37)31-27(20-23(29(34)35)19-22-5-3-2-4-6-22)28(33)30-24-9-11-25(12-10-24)32-15-17-38-18-16-32;1-22-7-13-26(14-8-22)39(35,36)31-27(15-16-28(33)38-21-23-5-3-2-4-6-23)29(34)30-24-9-11-25(12-10-24)32-17-19-37-20-18-32/h2-14,23,27,31H,15-20H2,1H3,(H,30,33)(H,34,35);2-14,27,31H,15-21H2,1H3,(H,30,34)/t23-,27?;27-/m00/s1. The van der Waals surface area contributed by atoms with Crippen LogP contribution in [-0.4, -0.2) is 110 Å². The van der Waals surface area contributed by atoms with E-state index >= 15 is 0 Å². The smallest absolute Gasteiger partial charge is 0.306 e. The first-order valence-electron chi connectivity index (χ1n) is 25.6. The highest BCUT2D eigenvalue weighted by Crippen LogP contribution is 2.24. The number of amides is 2. The molecule has 2 aliphatic rings. The first-order chi connectivity index (χ1) is 37.5. The van der Waals surface area contributed by atoms with E-state index in [0.29, 0.717) is 37.8 Å². The minimum atomic E-state index is -4.10. The van der Waals surface area contributed by atoms with Crippen LogP contribution in [0, 0.1) is 19.8 Å². The number of sulfonamides is 2. The molecule has 412 valence electrons. The maximum absolute atomic E-state index is 13.4. The van der Waals surface area contributed by atoms with Crippen molar-refractivity contribution in [3.8, 4) is 0 Å². The quantitative estimate of drug-likeness (QED) is 0.0427. The third kappa shape index (κ3) is 17.8. The first kappa shape index (κ1) is 58.2. The van der Waals surface area contributed by atoms with Crippen LogP contribution in [0.25, 0.3) is 0 Å². The van der Waals surface area contributed by atoms with Crippen LogP contribution in [0.5, 0.6) is 0 Å². The number of esters is 1. The van der Waals surface area contributed by atoms with Crippen molar-refractivity contribution in [1.29, 1.82) is 0 Å². The summed E-state index contributed by atoms with van der Waals surface area (Å²) in [4.78, 5) is 55.6. The Hall–Kier alpha value is -7.46. The highest BCUT2D eigenvalue weighted by molar-refractivity contribution is 7.89. The maximum atomic E-state index is 13.4. The Bertz CT molecular complexity index is 3120. The molecular formula is C58H66N6O12S2. The summed E-state index contributed by atoms with van der Waals surface area (Å²) in [5.41, 5.74) is 6.40. The van der Waals surface area contributed by atoms with E-state index in [9.17, 15) is 41.1 Å². The molecule has 8 rings (SSSR count). The lowest BCUT2D eigenvalue weighted by atomic mass is 9.92. The molecule has 2 amide bonds. The number of hydrogen-bond donors (Lipinski definition) is 5. The van der Waals surface area contributed by atoms with Gasteiger partial charge < -0.3 is 39.8 Å². The van der Waals surface area contributed by atoms with E-state index in [4.69, 9.17) is 14.2 Å². The van der Waals surface area contributed by atoms with E-state index in [0.717, 1.165) is 59.8 Å². The van der Waals surface area contributed by atoms with Crippen molar-refractivity contribution < 1.29 is 55.3 Å². The van der Waals surface area contributed by atoms with Gasteiger partial charge in [-0.3, -0.25) is 19.2 Å². The number of ether oxygens (including phenoxy) is 3. The molecule has 0 bridgehead atoms. The van der Waals surface area contributed by atoms with Gasteiger partial charge in [0, 0.05) is 55.3 Å². The molecule has 0 aliphatic carbocycles. The van der Waals surface area contributed by atoms with Gasteiger partial charge in [-0.2, -0.15) is 9.44 Å². The molecule has 2 aliphatic heterocycles. The summed E-state index contributed by atoms with van der Waals surface area (Å²) in [6.45, 7) is 9.52. The van der Waals surface area contributed by atoms with E-state index in [1.807, 2.05) is 74.5 Å². The lowest BCUT2D eigenvalue weighted by Gasteiger charge is -2.29. The van der Waals surface area contributed by atoms with Gasteiger partial charge in [0.25, 0.3) is 0 Å². The molecule has 5 N–H and O–H groups in total. The number of carbonyl (C=O) groups excluding carboxylic acids is 3. The van der Waals surface area contributed by atoms with E-state index < -0.39 is 61.8 Å². The zero-order chi connectivity index (χ0) is 55.5. The van der Waals surface area contributed by atoms with Gasteiger partial charge in [-0.15, -0.1) is 0 Å². The molecule has 6 aromatic rings. The van der Waals surface area contributed by atoms with Gasteiger partial charge in [0.05, 0.1) is 42.1 Å². The number of benzene rings is 6. The number of carbonyl (C=O) groups is 4. The average molecular weight is 1100 g/mol. The number of carboxylic acid groups (broad SMARTS) is 1.